The fourth-order valence-electron chi connectivity index (χ4n) is 2.91. The molecule has 2 amide bonds. The van der Waals surface area contributed by atoms with Gasteiger partial charge in [0.1, 0.15) is 5.60 Å². The molecule has 0 bridgehead atoms. The molecule has 1 fully saturated rings. The highest BCUT2D eigenvalue weighted by Gasteiger charge is 2.30. The van der Waals surface area contributed by atoms with E-state index in [1.165, 1.54) is 0 Å². The van der Waals surface area contributed by atoms with Crippen molar-refractivity contribution < 1.29 is 14.3 Å². The zero-order valence-electron chi connectivity index (χ0n) is 15.9. The first-order valence-electron chi connectivity index (χ1n) is 8.98. The Balaban J connectivity index is 1.84. The molecule has 1 aliphatic rings. The van der Waals surface area contributed by atoms with Crippen LogP contribution in [0.2, 0.25) is 0 Å². The molecule has 0 saturated carbocycles. The van der Waals surface area contributed by atoms with E-state index in [1.807, 2.05) is 39.8 Å². The molecule has 6 heteroatoms. The number of carbonyl (C=O) groups excluding carboxylic acids is 2. The van der Waals surface area contributed by atoms with Crippen LogP contribution in [0.25, 0.3) is 0 Å². The van der Waals surface area contributed by atoms with Crippen molar-refractivity contribution in [1.29, 1.82) is 5.26 Å². The molecule has 1 heterocycles. The molecule has 0 aromatic heterocycles. The number of hydrogen-bond donors (Lipinski definition) is 1. The van der Waals surface area contributed by atoms with Crippen LogP contribution in [-0.2, 0) is 9.53 Å². The number of nitrogens with one attached hydrogen (secondary N) is 1. The Kier molecular flexibility index (Phi) is 6.25. The predicted molar refractivity (Wildman–Crippen MR) is 98.2 cm³/mol. The van der Waals surface area contributed by atoms with E-state index >= 15 is 0 Å². The summed E-state index contributed by atoms with van der Waals surface area (Å²) < 4.78 is 5.38. The van der Waals surface area contributed by atoms with Crippen LogP contribution in [0.3, 0.4) is 0 Å². The van der Waals surface area contributed by atoms with Crippen molar-refractivity contribution in [2.75, 3.05) is 13.1 Å². The van der Waals surface area contributed by atoms with Crippen LogP contribution >= 0.6 is 0 Å². The van der Waals surface area contributed by atoms with Gasteiger partial charge in [0.2, 0.25) is 5.91 Å². The molecule has 0 radical (unpaired) electrons. The van der Waals surface area contributed by atoms with Gasteiger partial charge in [-0.15, -0.1) is 0 Å². The highest BCUT2D eigenvalue weighted by atomic mass is 16.6. The number of hydrogen-bond acceptors (Lipinski definition) is 4. The Morgan fingerprint density at radius 2 is 1.81 bits per heavy atom. The first-order valence-corrected chi connectivity index (χ1v) is 8.98. The van der Waals surface area contributed by atoms with Crippen LogP contribution in [0.4, 0.5) is 4.79 Å². The molecule has 1 aromatic rings. The summed E-state index contributed by atoms with van der Waals surface area (Å²) in [5.41, 5.74) is 1.05. The largest absolute Gasteiger partial charge is 0.444 e. The summed E-state index contributed by atoms with van der Waals surface area (Å²) in [5.74, 6) is -0.0970. The molecule has 1 atom stereocenters. The normalized spacial score (nSPS) is 16.5. The van der Waals surface area contributed by atoms with Gasteiger partial charge in [-0.05, 0) is 58.2 Å². The highest BCUT2D eigenvalue weighted by molar-refractivity contribution is 5.79. The molecule has 26 heavy (non-hydrogen) atoms. The summed E-state index contributed by atoms with van der Waals surface area (Å²) in [7, 11) is 0. The lowest BCUT2D eigenvalue weighted by Crippen LogP contribution is -2.45. The van der Waals surface area contributed by atoms with Gasteiger partial charge < -0.3 is 15.0 Å². The van der Waals surface area contributed by atoms with Gasteiger partial charge in [0.05, 0.1) is 17.7 Å². The molecular formula is C20H27N3O3. The molecule has 1 aromatic carbocycles. The van der Waals surface area contributed by atoms with Gasteiger partial charge in [-0.1, -0.05) is 12.1 Å². The minimum Gasteiger partial charge on any atom is -0.444 e. The first-order chi connectivity index (χ1) is 12.2. The minimum atomic E-state index is -0.512. The quantitative estimate of drug-likeness (QED) is 0.899. The summed E-state index contributed by atoms with van der Waals surface area (Å²) in [6.45, 7) is 8.51. The highest BCUT2D eigenvalue weighted by Crippen LogP contribution is 2.21. The SMILES string of the molecule is CC(NC(=O)C1CCN(C(=O)OC(C)(C)C)CC1)c1ccc(C#N)cc1. The molecule has 2 rings (SSSR count). The van der Waals surface area contributed by atoms with E-state index in [-0.39, 0.29) is 24.0 Å². The van der Waals surface area contributed by atoms with Gasteiger partial charge >= 0.3 is 6.09 Å². The first kappa shape index (κ1) is 19.8. The number of rotatable bonds is 3. The van der Waals surface area contributed by atoms with Gasteiger partial charge in [0, 0.05) is 19.0 Å². The number of ether oxygens (including phenoxy) is 1. The van der Waals surface area contributed by atoms with Crippen molar-refractivity contribution in [2.45, 2.75) is 52.2 Å². The minimum absolute atomic E-state index is 0.00528. The monoisotopic (exact) mass is 357 g/mol. The van der Waals surface area contributed by atoms with E-state index < -0.39 is 5.60 Å². The van der Waals surface area contributed by atoms with Gasteiger partial charge in [-0.3, -0.25) is 4.79 Å². The topological polar surface area (TPSA) is 82.4 Å². The number of piperidine rings is 1. The molecule has 1 saturated heterocycles. The van der Waals surface area contributed by atoms with Crippen molar-refractivity contribution in [3.63, 3.8) is 0 Å². The summed E-state index contributed by atoms with van der Waals surface area (Å²) in [6, 6.07) is 9.16. The average molecular weight is 357 g/mol. The fraction of sp³-hybridized carbons (Fsp3) is 0.550. The van der Waals surface area contributed by atoms with Gasteiger partial charge in [-0.25, -0.2) is 4.79 Å². The van der Waals surface area contributed by atoms with Crippen LogP contribution < -0.4 is 5.32 Å². The van der Waals surface area contributed by atoms with Crippen molar-refractivity contribution in [3.8, 4) is 6.07 Å². The summed E-state index contributed by atoms with van der Waals surface area (Å²) >= 11 is 0. The molecule has 6 nitrogen and oxygen atoms in total. The summed E-state index contributed by atoms with van der Waals surface area (Å²) in [5, 5.41) is 11.9. The molecule has 1 aliphatic heterocycles. The Morgan fingerprint density at radius 3 is 2.31 bits per heavy atom. The maximum Gasteiger partial charge on any atom is 0.410 e. The van der Waals surface area contributed by atoms with Crippen molar-refractivity contribution in [3.05, 3.63) is 35.4 Å². The Bertz CT molecular complexity index is 678. The number of benzene rings is 1. The van der Waals surface area contributed by atoms with E-state index in [2.05, 4.69) is 11.4 Å². The Hall–Kier alpha value is -2.55. The fourth-order valence-corrected chi connectivity index (χ4v) is 2.91. The van der Waals surface area contributed by atoms with Gasteiger partial charge in [-0.2, -0.15) is 5.26 Å². The maximum absolute atomic E-state index is 12.5. The second-order valence-electron chi connectivity index (χ2n) is 7.71. The lowest BCUT2D eigenvalue weighted by molar-refractivity contribution is -0.127. The molecule has 140 valence electrons. The molecule has 1 N–H and O–H groups in total. The van der Waals surface area contributed by atoms with E-state index in [9.17, 15) is 9.59 Å². The Labute approximate surface area is 155 Å². The number of nitriles is 1. The smallest absolute Gasteiger partial charge is 0.410 e. The second-order valence-corrected chi connectivity index (χ2v) is 7.71. The van der Waals surface area contributed by atoms with Gasteiger partial charge in [0.15, 0.2) is 0 Å². The number of nitrogens with zero attached hydrogens (tertiary/aromatic N) is 2. The van der Waals surface area contributed by atoms with E-state index in [4.69, 9.17) is 10.00 Å². The van der Waals surface area contributed by atoms with Crippen LogP contribution in [-0.4, -0.2) is 35.6 Å². The Morgan fingerprint density at radius 1 is 1.23 bits per heavy atom. The van der Waals surface area contributed by atoms with Crippen molar-refractivity contribution in [2.24, 2.45) is 5.92 Å². The van der Waals surface area contributed by atoms with Crippen LogP contribution in [0.1, 0.15) is 57.7 Å². The summed E-state index contributed by atoms with van der Waals surface area (Å²) in [6.07, 6.45) is 0.943. The lowest BCUT2D eigenvalue weighted by Gasteiger charge is -2.33. The zero-order valence-corrected chi connectivity index (χ0v) is 15.9. The van der Waals surface area contributed by atoms with Gasteiger partial charge in [0.25, 0.3) is 0 Å². The number of likely N-dealkylation sites (tertiary alicyclic amines) is 1. The number of carbonyl (C=O) groups is 2. The number of amides is 2. The molecule has 0 spiro atoms. The van der Waals surface area contributed by atoms with Crippen LogP contribution in [0.15, 0.2) is 24.3 Å². The summed E-state index contributed by atoms with van der Waals surface area (Å²) in [4.78, 5) is 26.3. The van der Waals surface area contributed by atoms with E-state index in [1.54, 1.807) is 17.0 Å². The average Bonchev–Trinajstić information content (AvgIpc) is 2.60. The molecule has 1 unspecified atom stereocenters. The van der Waals surface area contributed by atoms with Crippen molar-refractivity contribution >= 4 is 12.0 Å². The van der Waals surface area contributed by atoms with Crippen molar-refractivity contribution in [1.82, 2.24) is 10.2 Å². The second kappa shape index (κ2) is 8.22. The van der Waals surface area contributed by atoms with E-state index in [0.29, 0.717) is 31.5 Å². The third kappa shape index (κ3) is 5.48. The third-order valence-electron chi connectivity index (χ3n) is 4.42. The zero-order chi connectivity index (χ0) is 19.3. The molecular weight excluding hydrogens is 330 g/mol. The standard InChI is InChI=1S/C20H27N3O3/c1-14(16-7-5-15(13-21)6-8-16)22-18(24)17-9-11-23(12-10-17)19(25)26-20(2,3)4/h5-8,14,17H,9-12H2,1-4H3,(H,22,24). The van der Waals surface area contributed by atoms with E-state index in [0.717, 1.165) is 5.56 Å². The van der Waals surface area contributed by atoms with Crippen LogP contribution in [0.5, 0.6) is 0 Å². The predicted octanol–water partition coefficient (Wildman–Crippen LogP) is 3.38. The molecule has 0 aliphatic carbocycles. The lowest BCUT2D eigenvalue weighted by atomic mass is 9.95. The van der Waals surface area contributed by atoms with Crippen LogP contribution in [0, 0.1) is 17.2 Å². The third-order valence-corrected chi connectivity index (χ3v) is 4.42. The maximum atomic E-state index is 12.5.